The van der Waals surface area contributed by atoms with Gasteiger partial charge in [-0.2, -0.15) is 5.26 Å². The quantitative estimate of drug-likeness (QED) is 0.741. The maximum Gasteiger partial charge on any atom is 0.355 e. The second-order valence-electron chi connectivity index (χ2n) is 4.81. The number of nitriles is 1. The van der Waals surface area contributed by atoms with E-state index in [1.165, 1.54) is 38.4 Å². The molecular weight excluding hydrogens is 352 g/mol. The molecule has 0 spiro atoms. The third kappa shape index (κ3) is 3.38. The first-order chi connectivity index (χ1) is 12.0. The highest BCUT2D eigenvalue weighted by molar-refractivity contribution is 6.35. The fraction of sp³-hybridized carbons (Fsp3) is 0.312. The zero-order valence-corrected chi connectivity index (χ0v) is 14.5. The van der Waals surface area contributed by atoms with Crippen molar-refractivity contribution >= 4 is 29.2 Å². The minimum absolute atomic E-state index is 0.0385. The van der Waals surface area contributed by atoms with Gasteiger partial charge in [0.1, 0.15) is 29.3 Å². The lowest BCUT2D eigenvalue weighted by molar-refractivity contribution is -0.140. The smallest absolute Gasteiger partial charge is 0.355 e. The number of halogens is 1. The van der Waals surface area contributed by atoms with Gasteiger partial charge in [-0.05, 0) is 12.1 Å². The summed E-state index contributed by atoms with van der Waals surface area (Å²) in [5, 5.41) is 9.49. The summed E-state index contributed by atoms with van der Waals surface area (Å²) in [6.07, 6.45) is 0. The van der Waals surface area contributed by atoms with E-state index in [0.717, 1.165) is 0 Å². The molecule has 0 amide bonds. The lowest BCUT2D eigenvalue weighted by Crippen LogP contribution is -2.39. The summed E-state index contributed by atoms with van der Waals surface area (Å²) in [6, 6.07) is 5.01. The van der Waals surface area contributed by atoms with Gasteiger partial charge >= 0.3 is 11.9 Å². The molecule has 1 aromatic rings. The molecule has 0 saturated heterocycles. The van der Waals surface area contributed by atoms with Crippen LogP contribution >= 0.6 is 11.6 Å². The zero-order chi connectivity index (χ0) is 18.6. The second-order valence-corrected chi connectivity index (χ2v) is 5.18. The molecular formula is C16H15ClN2O6. The largest absolute Gasteiger partial charge is 0.495 e. The van der Waals surface area contributed by atoms with Crippen molar-refractivity contribution in [2.24, 2.45) is 0 Å². The van der Waals surface area contributed by atoms with Crippen LogP contribution in [0.25, 0.3) is 0 Å². The first kappa shape index (κ1) is 18.6. The van der Waals surface area contributed by atoms with Crippen LogP contribution in [0.5, 0.6) is 5.75 Å². The molecule has 0 unspecified atom stereocenters. The van der Waals surface area contributed by atoms with Crippen molar-refractivity contribution in [1.82, 2.24) is 0 Å². The standard InChI is InChI=1S/C16H15ClN2O6/c1-22-11-5-4-9(6-18)13(12(11)17)19-8-25-7-10(15(20)23-2)14(19)16(21)24-3/h4-5H,7-8H2,1-3H3. The number of benzene rings is 1. The number of nitrogens with zero attached hydrogens (tertiary/aromatic N) is 2. The third-order valence-corrected chi connectivity index (χ3v) is 3.89. The molecule has 0 saturated carbocycles. The van der Waals surface area contributed by atoms with Gasteiger partial charge in [-0.1, -0.05) is 11.6 Å². The highest BCUT2D eigenvalue weighted by Crippen LogP contribution is 2.40. The summed E-state index contributed by atoms with van der Waals surface area (Å²) in [5.74, 6) is -1.24. The van der Waals surface area contributed by atoms with E-state index in [-0.39, 0.29) is 40.9 Å². The number of rotatable bonds is 4. The maximum atomic E-state index is 12.3. The van der Waals surface area contributed by atoms with E-state index in [2.05, 4.69) is 0 Å². The summed E-state index contributed by atoms with van der Waals surface area (Å²) in [6.45, 7) is -0.260. The lowest BCUT2D eigenvalue weighted by Gasteiger charge is -2.32. The predicted octanol–water partition coefficient (Wildman–Crippen LogP) is 1.61. The zero-order valence-electron chi connectivity index (χ0n) is 13.8. The highest BCUT2D eigenvalue weighted by atomic mass is 35.5. The molecule has 9 heteroatoms. The molecule has 25 heavy (non-hydrogen) atoms. The van der Waals surface area contributed by atoms with Crippen molar-refractivity contribution in [3.63, 3.8) is 0 Å². The Balaban J connectivity index is 2.74. The van der Waals surface area contributed by atoms with Crippen molar-refractivity contribution in [1.29, 1.82) is 5.26 Å². The van der Waals surface area contributed by atoms with Crippen LogP contribution in [0.3, 0.4) is 0 Å². The second kappa shape index (κ2) is 7.88. The first-order valence-electron chi connectivity index (χ1n) is 7.01. The van der Waals surface area contributed by atoms with Gasteiger partial charge in [-0.25, -0.2) is 9.59 Å². The number of carbonyl (C=O) groups is 2. The summed E-state index contributed by atoms with van der Waals surface area (Å²) >= 11 is 6.34. The fourth-order valence-electron chi connectivity index (χ4n) is 2.38. The average molecular weight is 367 g/mol. The molecule has 0 fully saturated rings. The van der Waals surface area contributed by atoms with Crippen molar-refractivity contribution in [2.45, 2.75) is 0 Å². The van der Waals surface area contributed by atoms with Gasteiger partial charge in [-0.3, -0.25) is 0 Å². The number of esters is 2. The number of hydrogen-bond acceptors (Lipinski definition) is 8. The number of methoxy groups -OCH3 is 3. The molecule has 0 bridgehead atoms. The van der Waals surface area contributed by atoms with E-state index in [4.69, 9.17) is 30.5 Å². The van der Waals surface area contributed by atoms with Crippen LogP contribution in [-0.2, 0) is 23.8 Å². The van der Waals surface area contributed by atoms with E-state index in [9.17, 15) is 14.9 Å². The average Bonchev–Trinajstić information content (AvgIpc) is 2.65. The Hall–Kier alpha value is -2.76. The van der Waals surface area contributed by atoms with Gasteiger partial charge in [0.05, 0.1) is 44.8 Å². The number of anilines is 1. The Bertz CT molecular complexity index is 784. The van der Waals surface area contributed by atoms with Crippen molar-refractivity contribution in [3.05, 3.63) is 34.0 Å². The van der Waals surface area contributed by atoms with E-state index in [1.807, 2.05) is 6.07 Å². The van der Waals surface area contributed by atoms with Crippen LogP contribution in [0.15, 0.2) is 23.4 Å². The molecule has 0 atom stereocenters. The third-order valence-electron chi connectivity index (χ3n) is 3.52. The number of ether oxygens (including phenoxy) is 4. The number of carbonyl (C=O) groups excluding carboxylic acids is 2. The first-order valence-corrected chi connectivity index (χ1v) is 7.39. The van der Waals surface area contributed by atoms with Crippen LogP contribution in [0.1, 0.15) is 5.56 Å². The van der Waals surface area contributed by atoms with Crippen LogP contribution in [-0.4, -0.2) is 46.6 Å². The van der Waals surface area contributed by atoms with Gasteiger partial charge in [0, 0.05) is 0 Å². The molecule has 2 rings (SSSR count). The van der Waals surface area contributed by atoms with Crippen LogP contribution in [0.4, 0.5) is 5.69 Å². The topological polar surface area (TPSA) is 98.1 Å². The Kier molecular flexibility index (Phi) is 5.85. The lowest BCUT2D eigenvalue weighted by atomic mass is 10.1. The minimum atomic E-state index is -0.786. The molecule has 8 nitrogen and oxygen atoms in total. The van der Waals surface area contributed by atoms with Crippen LogP contribution in [0.2, 0.25) is 5.02 Å². The molecule has 1 aliphatic rings. The molecule has 0 aromatic heterocycles. The summed E-state index contributed by atoms with van der Waals surface area (Å²) in [5.41, 5.74) is 0.197. The van der Waals surface area contributed by atoms with Crippen molar-refractivity contribution in [2.75, 3.05) is 39.6 Å². The Morgan fingerprint density at radius 1 is 1.24 bits per heavy atom. The molecule has 1 aromatic carbocycles. The Morgan fingerprint density at radius 3 is 2.48 bits per heavy atom. The molecule has 1 heterocycles. The Labute approximate surface area is 149 Å². The molecule has 132 valence electrons. The van der Waals surface area contributed by atoms with Crippen molar-refractivity contribution in [3.8, 4) is 11.8 Å². The fourth-order valence-corrected chi connectivity index (χ4v) is 2.72. The monoisotopic (exact) mass is 366 g/mol. The normalized spacial score (nSPS) is 14.0. The van der Waals surface area contributed by atoms with E-state index in [1.54, 1.807) is 0 Å². The van der Waals surface area contributed by atoms with Gasteiger partial charge in [0.25, 0.3) is 0 Å². The van der Waals surface area contributed by atoms with Gasteiger partial charge in [-0.15, -0.1) is 0 Å². The molecule has 0 N–H and O–H groups in total. The maximum absolute atomic E-state index is 12.3. The molecule has 1 aliphatic heterocycles. The Morgan fingerprint density at radius 2 is 1.92 bits per heavy atom. The van der Waals surface area contributed by atoms with Gasteiger partial charge < -0.3 is 23.8 Å². The highest BCUT2D eigenvalue weighted by Gasteiger charge is 2.35. The summed E-state index contributed by atoms with van der Waals surface area (Å²) in [4.78, 5) is 25.6. The van der Waals surface area contributed by atoms with Crippen LogP contribution in [0, 0.1) is 11.3 Å². The van der Waals surface area contributed by atoms with Gasteiger partial charge in [0.2, 0.25) is 0 Å². The van der Waals surface area contributed by atoms with E-state index in [0.29, 0.717) is 5.75 Å². The van der Waals surface area contributed by atoms with Crippen LogP contribution < -0.4 is 9.64 Å². The molecule has 0 radical (unpaired) electrons. The van der Waals surface area contributed by atoms with E-state index >= 15 is 0 Å². The van der Waals surface area contributed by atoms with E-state index < -0.39 is 11.9 Å². The van der Waals surface area contributed by atoms with Gasteiger partial charge in [0.15, 0.2) is 0 Å². The molecule has 0 aliphatic carbocycles. The minimum Gasteiger partial charge on any atom is -0.495 e. The summed E-state index contributed by atoms with van der Waals surface area (Å²) in [7, 11) is 3.78. The summed E-state index contributed by atoms with van der Waals surface area (Å²) < 4.78 is 20.0. The SMILES string of the molecule is COC(=O)C1=C(C(=O)OC)N(c2c(C#N)ccc(OC)c2Cl)COC1. The predicted molar refractivity (Wildman–Crippen MR) is 87.1 cm³/mol. The van der Waals surface area contributed by atoms with Crippen molar-refractivity contribution < 1.29 is 28.5 Å². The number of hydrogen-bond donors (Lipinski definition) is 0.